The third-order valence-electron chi connectivity index (χ3n) is 2.97. The van der Waals surface area contributed by atoms with E-state index in [1.165, 1.54) is 25.8 Å². The fraction of sp³-hybridized carbons (Fsp3) is 1.00. The van der Waals surface area contributed by atoms with Crippen LogP contribution in [0.4, 0.5) is 0 Å². The lowest BCUT2D eigenvalue weighted by Crippen LogP contribution is -2.38. The summed E-state index contributed by atoms with van der Waals surface area (Å²) in [5.74, 6) is 0.735. The number of rotatable bonds is 1. The summed E-state index contributed by atoms with van der Waals surface area (Å²) >= 11 is 0. The van der Waals surface area contributed by atoms with Crippen LogP contribution in [0.25, 0.3) is 0 Å². The van der Waals surface area contributed by atoms with E-state index < -0.39 is 0 Å². The maximum absolute atomic E-state index is 6.00. The molecule has 0 radical (unpaired) electrons. The molecule has 1 aliphatic heterocycles. The average molecular weight is 170 g/mol. The summed E-state index contributed by atoms with van der Waals surface area (Å²) in [6.07, 6.45) is 3.64. The van der Waals surface area contributed by atoms with Crippen molar-refractivity contribution in [1.29, 1.82) is 0 Å². The summed E-state index contributed by atoms with van der Waals surface area (Å²) in [4.78, 5) is 2.47. The molecule has 2 N–H and O–H groups in total. The zero-order valence-corrected chi connectivity index (χ0v) is 8.59. The maximum atomic E-state index is 6.00. The van der Waals surface area contributed by atoms with Crippen molar-refractivity contribution in [3.8, 4) is 0 Å². The lowest BCUT2D eigenvalue weighted by atomic mass is 9.96. The van der Waals surface area contributed by atoms with Crippen LogP contribution in [0.3, 0.4) is 0 Å². The number of nitrogens with zero attached hydrogens (tertiary/aromatic N) is 1. The van der Waals surface area contributed by atoms with Gasteiger partial charge in [-0.25, -0.2) is 0 Å². The van der Waals surface area contributed by atoms with Crippen LogP contribution < -0.4 is 5.73 Å². The number of likely N-dealkylation sites (tertiary alicyclic amines) is 1. The van der Waals surface area contributed by atoms with Gasteiger partial charge in [0.1, 0.15) is 0 Å². The molecule has 0 aromatic rings. The predicted octanol–water partition coefficient (Wildman–Crippen LogP) is 1.45. The standard InChI is InChI=1S/C10H22N2/c1-8(2)10-7-9(11)5-4-6-12(10)3/h8-10H,4-7,11H2,1-3H3/t9?,10-/m0/s1. The van der Waals surface area contributed by atoms with Gasteiger partial charge < -0.3 is 10.6 Å². The minimum atomic E-state index is 0.433. The highest BCUT2D eigenvalue weighted by molar-refractivity contribution is 4.81. The van der Waals surface area contributed by atoms with E-state index in [2.05, 4.69) is 25.8 Å². The first-order valence-corrected chi connectivity index (χ1v) is 5.07. The molecule has 1 heterocycles. The molecule has 0 aliphatic carbocycles. The summed E-state index contributed by atoms with van der Waals surface area (Å²) < 4.78 is 0. The van der Waals surface area contributed by atoms with Crippen LogP contribution in [0.5, 0.6) is 0 Å². The fourth-order valence-corrected chi connectivity index (χ4v) is 2.16. The minimum Gasteiger partial charge on any atom is -0.328 e. The molecule has 0 amide bonds. The van der Waals surface area contributed by atoms with Crippen molar-refractivity contribution in [3.63, 3.8) is 0 Å². The van der Waals surface area contributed by atoms with E-state index in [1.54, 1.807) is 0 Å². The van der Waals surface area contributed by atoms with Crippen LogP contribution in [-0.4, -0.2) is 30.6 Å². The highest BCUT2D eigenvalue weighted by Crippen LogP contribution is 2.20. The van der Waals surface area contributed by atoms with Crippen molar-refractivity contribution in [3.05, 3.63) is 0 Å². The Labute approximate surface area is 76.1 Å². The molecular weight excluding hydrogens is 148 g/mol. The van der Waals surface area contributed by atoms with Gasteiger partial charge in [-0.15, -0.1) is 0 Å². The van der Waals surface area contributed by atoms with Gasteiger partial charge in [-0.05, 0) is 38.8 Å². The zero-order valence-electron chi connectivity index (χ0n) is 8.59. The molecule has 0 spiro atoms. The monoisotopic (exact) mass is 170 g/mol. The molecule has 1 saturated heterocycles. The molecule has 0 saturated carbocycles. The van der Waals surface area contributed by atoms with Crippen molar-refractivity contribution >= 4 is 0 Å². The van der Waals surface area contributed by atoms with Crippen LogP contribution in [0.2, 0.25) is 0 Å². The Morgan fingerprint density at radius 1 is 1.42 bits per heavy atom. The van der Waals surface area contributed by atoms with Gasteiger partial charge >= 0.3 is 0 Å². The first-order valence-electron chi connectivity index (χ1n) is 5.07. The van der Waals surface area contributed by atoms with E-state index in [9.17, 15) is 0 Å². The predicted molar refractivity (Wildman–Crippen MR) is 53.1 cm³/mol. The first-order chi connectivity index (χ1) is 5.61. The van der Waals surface area contributed by atoms with Crippen molar-refractivity contribution in [2.75, 3.05) is 13.6 Å². The molecule has 2 atom stereocenters. The largest absolute Gasteiger partial charge is 0.328 e. The second kappa shape index (κ2) is 4.24. The second-order valence-electron chi connectivity index (χ2n) is 4.43. The average Bonchev–Trinajstić information content (AvgIpc) is 2.13. The van der Waals surface area contributed by atoms with Gasteiger partial charge in [0.25, 0.3) is 0 Å². The van der Waals surface area contributed by atoms with Crippen molar-refractivity contribution in [1.82, 2.24) is 4.90 Å². The third-order valence-corrected chi connectivity index (χ3v) is 2.97. The van der Waals surface area contributed by atoms with Crippen molar-refractivity contribution < 1.29 is 0 Å². The Morgan fingerprint density at radius 2 is 2.08 bits per heavy atom. The van der Waals surface area contributed by atoms with Gasteiger partial charge in [-0.2, -0.15) is 0 Å². The molecule has 72 valence electrons. The molecule has 12 heavy (non-hydrogen) atoms. The number of hydrogen-bond donors (Lipinski definition) is 1. The molecule has 1 rings (SSSR count). The van der Waals surface area contributed by atoms with Crippen LogP contribution >= 0.6 is 0 Å². The van der Waals surface area contributed by atoms with Crippen LogP contribution in [0.1, 0.15) is 33.1 Å². The highest BCUT2D eigenvalue weighted by Gasteiger charge is 2.23. The molecule has 1 unspecified atom stereocenters. The molecule has 2 heteroatoms. The van der Waals surface area contributed by atoms with Gasteiger partial charge in [0.2, 0.25) is 0 Å². The van der Waals surface area contributed by atoms with E-state index in [4.69, 9.17) is 5.73 Å². The summed E-state index contributed by atoms with van der Waals surface area (Å²) in [5.41, 5.74) is 6.00. The number of nitrogens with two attached hydrogens (primary N) is 1. The van der Waals surface area contributed by atoms with Crippen LogP contribution in [-0.2, 0) is 0 Å². The summed E-state index contributed by atoms with van der Waals surface area (Å²) in [7, 11) is 2.22. The van der Waals surface area contributed by atoms with Gasteiger partial charge in [0.15, 0.2) is 0 Å². The molecule has 0 aromatic heterocycles. The quantitative estimate of drug-likeness (QED) is 0.645. The summed E-state index contributed by atoms with van der Waals surface area (Å²) in [6.45, 7) is 5.80. The van der Waals surface area contributed by atoms with E-state index in [-0.39, 0.29) is 0 Å². The second-order valence-corrected chi connectivity index (χ2v) is 4.43. The third kappa shape index (κ3) is 2.46. The molecule has 2 nitrogen and oxygen atoms in total. The van der Waals surface area contributed by atoms with Crippen molar-refractivity contribution in [2.45, 2.75) is 45.2 Å². The Hall–Kier alpha value is -0.0800. The number of hydrogen-bond acceptors (Lipinski definition) is 2. The Morgan fingerprint density at radius 3 is 2.67 bits per heavy atom. The van der Waals surface area contributed by atoms with E-state index in [0.29, 0.717) is 12.1 Å². The van der Waals surface area contributed by atoms with Crippen LogP contribution in [0.15, 0.2) is 0 Å². The first kappa shape index (κ1) is 10.0. The molecule has 0 bridgehead atoms. The van der Waals surface area contributed by atoms with E-state index in [1.807, 2.05) is 0 Å². The fourth-order valence-electron chi connectivity index (χ4n) is 2.16. The topological polar surface area (TPSA) is 29.3 Å². The van der Waals surface area contributed by atoms with Gasteiger partial charge in [-0.3, -0.25) is 0 Å². The van der Waals surface area contributed by atoms with Gasteiger partial charge in [-0.1, -0.05) is 13.8 Å². The van der Waals surface area contributed by atoms with Crippen LogP contribution in [0, 0.1) is 5.92 Å². The lowest BCUT2D eigenvalue weighted by Gasteiger charge is -2.29. The molecule has 0 aromatic carbocycles. The highest BCUT2D eigenvalue weighted by atomic mass is 15.1. The van der Waals surface area contributed by atoms with Gasteiger partial charge in [0, 0.05) is 12.1 Å². The van der Waals surface area contributed by atoms with Crippen molar-refractivity contribution in [2.24, 2.45) is 11.7 Å². The Kier molecular flexibility index (Phi) is 3.53. The smallest absolute Gasteiger partial charge is 0.0130 e. The minimum absolute atomic E-state index is 0.433. The summed E-state index contributed by atoms with van der Waals surface area (Å²) in [5, 5.41) is 0. The van der Waals surface area contributed by atoms with Gasteiger partial charge in [0.05, 0.1) is 0 Å². The Balaban J connectivity index is 2.54. The van der Waals surface area contributed by atoms with E-state index in [0.717, 1.165) is 5.92 Å². The maximum Gasteiger partial charge on any atom is 0.0130 e. The summed E-state index contributed by atoms with van der Waals surface area (Å²) in [6, 6.07) is 1.13. The Bertz CT molecular complexity index is 134. The lowest BCUT2D eigenvalue weighted by molar-refractivity contribution is 0.191. The molecule has 1 fully saturated rings. The van der Waals surface area contributed by atoms with E-state index >= 15 is 0 Å². The normalized spacial score (nSPS) is 33.8. The molecular formula is C10H22N2. The SMILES string of the molecule is CC(C)[C@@H]1CC(N)CCCN1C. The zero-order chi connectivity index (χ0) is 9.14. The molecule has 1 aliphatic rings.